The van der Waals surface area contributed by atoms with E-state index in [1.807, 2.05) is 27.7 Å². The first-order valence-electron chi connectivity index (χ1n) is 26.2. The van der Waals surface area contributed by atoms with E-state index < -0.39 is 60.5 Å². The van der Waals surface area contributed by atoms with Gasteiger partial charge in [0.05, 0.1) is 29.9 Å². The molecule has 3 aromatic heterocycles. The van der Waals surface area contributed by atoms with Crippen LogP contribution in [0.25, 0.3) is 22.3 Å². The van der Waals surface area contributed by atoms with Gasteiger partial charge in [-0.25, -0.2) is 47.5 Å². The number of methoxy groups -OCH3 is 2. The van der Waals surface area contributed by atoms with Crippen molar-refractivity contribution in [2.75, 3.05) is 19.5 Å². The van der Waals surface area contributed by atoms with Crippen LogP contribution in [-0.2, 0) is 22.4 Å². The fraction of sp³-hybridized carbons (Fsp3) is 0.276. The molecule has 18 nitrogen and oxygen atoms in total. The number of hydrogen-bond acceptors (Lipinski definition) is 18. The Morgan fingerprint density at radius 2 is 0.833 bits per heavy atom. The summed E-state index contributed by atoms with van der Waals surface area (Å²) in [5.41, 5.74) is 9.09. The quantitative estimate of drug-likeness (QED) is 0.0782. The van der Waals surface area contributed by atoms with Gasteiger partial charge in [0, 0.05) is 96.8 Å². The number of aromatic nitrogens is 6. The van der Waals surface area contributed by atoms with Gasteiger partial charge in [-0.05, 0) is 157 Å². The number of nitrogens with two attached hydrogens (primary N) is 1. The fourth-order valence-corrected chi connectivity index (χ4v) is 8.79. The molecule has 3 N–H and O–H groups in total. The van der Waals surface area contributed by atoms with E-state index in [2.05, 4.69) is 84.3 Å². The molecule has 0 spiro atoms. The summed E-state index contributed by atoms with van der Waals surface area (Å²) >= 11 is 14.1. The largest absolute Gasteiger partial charge is 0.586 e. The molecule has 0 bridgehead atoms. The van der Waals surface area contributed by atoms with E-state index in [1.165, 1.54) is 75.4 Å². The number of nitrogens with zero attached hydrogens (tertiary/aromatic N) is 6. The summed E-state index contributed by atoms with van der Waals surface area (Å²) < 4.78 is 181. The summed E-state index contributed by atoms with van der Waals surface area (Å²) in [6, 6.07) is 13.2. The normalized spacial score (nSPS) is 15.8. The molecule has 7 heterocycles. The summed E-state index contributed by atoms with van der Waals surface area (Å²) in [5.74, 6) is -2.62. The van der Waals surface area contributed by atoms with Crippen LogP contribution in [0.3, 0.4) is 0 Å². The summed E-state index contributed by atoms with van der Waals surface area (Å²) in [6.45, 7) is 12.7. The maximum atomic E-state index is 14.0. The minimum Gasteiger partial charge on any atom is -0.497 e. The zero-order valence-electron chi connectivity index (χ0n) is 48.5. The Morgan fingerprint density at radius 3 is 1.20 bits per heavy atom. The minimum absolute atomic E-state index is 0.00434. The van der Waals surface area contributed by atoms with Crippen LogP contribution in [-0.4, -0.2) is 81.3 Å². The third-order valence-corrected chi connectivity index (χ3v) is 14.4. The number of aryl methyl sites for hydroxylation is 3. The van der Waals surface area contributed by atoms with Crippen molar-refractivity contribution in [2.24, 2.45) is 5.73 Å². The molecule has 0 unspecified atom stereocenters. The molecule has 12 rings (SSSR count). The molecular formula is C58H50BBrCl2F10N8O10. The molecule has 0 radical (unpaired) electrons. The van der Waals surface area contributed by atoms with E-state index in [-0.39, 0.29) is 86.7 Å². The predicted octanol–water partition coefficient (Wildman–Crippen LogP) is 14.0. The highest BCUT2D eigenvalue weighted by atomic mass is 79.9. The number of nitrogens with one attached hydrogen (secondary N) is 1. The highest BCUT2D eigenvalue weighted by Gasteiger charge is 2.53. The van der Waals surface area contributed by atoms with Gasteiger partial charge in [0.1, 0.15) is 34.8 Å². The molecule has 90 heavy (non-hydrogen) atoms. The van der Waals surface area contributed by atoms with Crippen molar-refractivity contribution in [3.63, 3.8) is 0 Å². The Bertz CT molecular complexity index is 3830. The van der Waals surface area contributed by atoms with Crippen LogP contribution in [0.5, 0.6) is 46.0 Å². The van der Waals surface area contributed by atoms with Crippen LogP contribution in [0, 0.1) is 44.0 Å². The average molecular weight is 1370 g/mol. The Labute approximate surface area is 525 Å². The number of fused-ring (bicyclic) bond motifs is 3. The molecule has 0 aliphatic carbocycles. The first-order valence-corrected chi connectivity index (χ1v) is 27.7. The molecule has 4 aliphatic rings. The molecule has 0 saturated carbocycles. The van der Waals surface area contributed by atoms with Crippen molar-refractivity contribution < 1.29 is 91.1 Å². The second-order valence-electron chi connectivity index (χ2n) is 20.4. The number of ether oxygens (including phenoxy) is 8. The van der Waals surface area contributed by atoms with E-state index >= 15 is 0 Å². The van der Waals surface area contributed by atoms with Crippen LogP contribution in [0.1, 0.15) is 55.5 Å². The fourth-order valence-electron chi connectivity index (χ4n) is 8.39. The average Bonchev–Trinajstić information content (AvgIpc) is 1.68. The maximum absolute atomic E-state index is 14.0. The molecule has 0 amide bonds. The number of hydrogen-bond donors (Lipinski definition) is 2. The van der Waals surface area contributed by atoms with Gasteiger partial charge in [0.2, 0.25) is 16.5 Å². The Kier molecular flexibility index (Phi) is 20.4. The van der Waals surface area contributed by atoms with Gasteiger partial charge in [-0.2, -0.15) is 0 Å². The third-order valence-electron chi connectivity index (χ3n) is 13.6. The molecular weight excluding hydrogens is 1320 g/mol. The zero-order valence-corrected chi connectivity index (χ0v) is 51.6. The van der Waals surface area contributed by atoms with Crippen molar-refractivity contribution in [3.8, 4) is 68.2 Å². The van der Waals surface area contributed by atoms with Gasteiger partial charge in [-0.15, -0.1) is 26.3 Å². The number of benzene rings is 5. The van der Waals surface area contributed by atoms with Crippen molar-refractivity contribution in [3.05, 3.63) is 164 Å². The van der Waals surface area contributed by atoms with Gasteiger partial charge in [0.25, 0.3) is 0 Å². The molecule has 476 valence electrons. The second kappa shape index (κ2) is 27.1. The number of alkyl halides is 6. The molecule has 1 fully saturated rings. The second-order valence-corrected chi connectivity index (χ2v) is 22.0. The van der Waals surface area contributed by atoms with E-state index in [1.54, 1.807) is 33.2 Å². The highest BCUT2D eigenvalue weighted by molar-refractivity contribution is 9.10. The van der Waals surface area contributed by atoms with Crippen LogP contribution < -0.4 is 54.4 Å². The lowest BCUT2D eigenvalue weighted by Crippen LogP contribution is -2.41. The summed E-state index contributed by atoms with van der Waals surface area (Å²) in [7, 11) is 2.03. The maximum Gasteiger partial charge on any atom is 0.586 e. The minimum atomic E-state index is -3.70. The smallest absolute Gasteiger partial charge is 0.497 e. The van der Waals surface area contributed by atoms with Gasteiger partial charge in [-0.3, -0.25) is 0 Å². The number of rotatable bonds is 9. The van der Waals surface area contributed by atoms with Crippen LogP contribution in [0.4, 0.5) is 49.9 Å². The molecule has 32 heteroatoms. The van der Waals surface area contributed by atoms with E-state index in [0.29, 0.717) is 33.3 Å². The van der Waals surface area contributed by atoms with Crippen molar-refractivity contribution >= 4 is 57.7 Å². The summed E-state index contributed by atoms with van der Waals surface area (Å²) in [6.07, 6.45) is -1.82. The van der Waals surface area contributed by atoms with Crippen LogP contribution >= 0.6 is 39.1 Å². The predicted molar refractivity (Wildman–Crippen MR) is 311 cm³/mol. The SMILES string of the molecule is COc1cc(F)c(CN)c(F)c1.COc1cc(F)c(CNc2ncc(-c3cc4c(cc3C)OC(F)(F)O4)cn2)c(F)c1.Cc1cc2c(cc1-c1cnc(Cl)nc1)OC(F)(F)O2.Cc1cc2c(cc1B1OC(C)(C)C(C)(C)O1)OC(F)(F)O2.Clc1ncc(Br)cn1. The Balaban J connectivity index is 0.000000154. The van der Waals surface area contributed by atoms with E-state index in [4.69, 9.17) is 43.0 Å². The first kappa shape index (κ1) is 67.8. The van der Waals surface area contributed by atoms with Gasteiger partial charge in [-0.1, -0.05) is 0 Å². The molecule has 5 aromatic carbocycles. The number of halogens is 13. The number of anilines is 1. The molecule has 4 aliphatic heterocycles. The van der Waals surface area contributed by atoms with E-state index in [0.717, 1.165) is 39.9 Å². The lowest BCUT2D eigenvalue weighted by atomic mass is 9.76. The Hall–Kier alpha value is -8.16. The van der Waals surface area contributed by atoms with E-state index in [9.17, 15) is 43.9 Å². The first-order chi connectivity index (χ1) is 42.2. The van der Waals surface area contributed by atoms with Gasteiger partial charge in [0.15, 0.2) is 34.5 Å². The third kappa shape index (κ3) is 16.4. The summed E-state index contributed by atoms with van der Waals surface area (Å²) in [5, 5.41) is 3.13. The van der Waals surface area contributed by atoms with Crippen molar-refractivity contribution in [1.82, 2.24) is 29.9 Å². The van der Waals surface area contributed by atoms with Crippen LogP contribution in [0.15, 0.2) is 102 Å². The molecule has 8 aromatic rings. The van der Waals surface area contributed by atoms with Gasteiger partial charge >= 0.3 is 26.0 Å². The van der Waals surface area contributed by atoms with Crippen LogP contribution in [0.2, 0.25) is 10.6 Å². The van der Waals surface area contributed by atoms with Crippen molar-refractivity contribution in [2.45, 2.75) is 91.6 Å². The van der Waals surface area contributed by atoms with Crippen molar-refractivity contribution in [1.29, 1.82) is 0 Å². The summed E-state index contributed by atoms with van der Waals surface area (Å²) in [4.78, 5) is 23.3. The lowest BCUT2D eigenvalue weighted by Gasteiger charge is -2.32. The highest BCUT2D eigenvalue weighted by Crippen LogP contribution is 2.47. The topological polar surface area (TPSA) is 208 Å². The zero-order chi connectivity index (χ0) is 65.8. The Morgan fingerprint density at radius 1 is 0.500 bits per heavy atom. The monoisotopic (exact) mass is 1370 g/mol. The van der Waals surface area contributed by atoms with Gasteiger partial charge < -0.3 is 58.3 Å². The molecule has 1 saturated heterocycles. The molecule has 0 atom stereocenters. The standard InChI is InChI=1S/C20H15F4N3O3.C14H17BF2O4.C12H7ClF2N2O2.C8H9F2NO.C4H2BrClN2/c1-10-3-17-18(30-20(23,24)29-17)6-13(10)11-7-25-19(26-8-11)27-9-14-15(21)4-12(28-2)5-16(14)22;1-8-6-10-11(19-14(16,17)18-10)7-9(8)15-20-12(2,3)13(4,5)21-15;1-6-2-9-10(19-12(14,15)18-9)3-8(6)7-4-16-11(13)17-5-7;1-12-5-2-7(9)6(4-11)8(10)3-5;5-3-1-7-4(6)8-2-3/h3-8H,9H2,1-2H3,(H,25,26,27);6-7H,1-5H3;2-5H,1H3;2-3H,4,11H2,1H3;1-2H. The lowest BCUT2D eigenvalue weighted by molar-refractivity contribution is -0.287.